The Morgan fingerprint density at radius 2 is 1.74 bits per heavy atom. The van der Waals surface area contributed by atoms with E-state index < -0.39 is 15.6 Å². The molecule has 1 unspecified atom stereocenters. The molecule has 1 amide bonds. The van der Waals surface area contributed by atoms with Crippen LogP contribution in [0, 0.1) is 5.82 Å². The van der Waals surface area contributed by atoms with Crippen molar-refractivity contribution < 1.29 is 22.3 Å². The molecule has 0 aliphatic carbocycles. The third kappa shape index (κ3) is 8.88. The Hall–Kier alpha value is -3.27. The minimum absolute atomic E-state index is 0.149. The minimum Gasteiger partial charge on any atom is -0.375 e. The van der Waals surface area contributed by atoms with Gasteiger partial charge in [0.1, 0.15) is 5.82 Å². The number of carbonyl (C=O) groups is 1. The van der Waals surface area contributed by atoms with E-state index in [1.165, 1.54) is 25.2 Å². The fourth-order valence-corrected chi connectivity index (χ4v) is 4.95. The molecule has 7 nitrogen and oxygen atoms in total. The number of rotatable bonds is 13. The van der Waals surface area contributed by atoms with Crippen LogP contribution in [0.4, 0.5) is 10.1 Å². The number of sulfonamides is 1. The van der Waals surface area contributed by atoms with Gasteiger partial charge in [0.05, 0.1) is 31.2 Å². The first-order chi connectivity index (χ1) is 18.4. The molecule has 0 spiro atoms. The Kier molecular flexibility index (Phi) is 10.2. The van der Waals surface area contributed by atoms with Crippen molar-refractivity contribution in [3.63, 3.8) is 0 Å². The third-order valence-electron chi connectivity index (χ3n) is 6.62. The van der Waals surface area contributed by atoms with Crippen LogP contribution < -0.4 is 15.4 Å². The fourth-order valence-electron chi connectivity index (χ4n) is 4.46. The molecule has 0 fully saturated rings. The lowest BCUT2D eigenvalue weighted by Gasteiger charge is -2.29. The second-order valence-corrected chi connectivity index (χ2v) is 12.1. The number of amides is 1. The summed E-state index contributed by atoms with van der Waals surface area (Å²) in [5.41, 5.74) is 9.31. The van der Waals surface area contributed by atoms with Gasteiger partial charge >= 0.3 is 0 Å². The number of halogens is 1. The first-order valence-corrected chi connectivity index (χ1v) is 14.8. The zero-order valence-electron chi connectivity index (χ0n) is 23.0. The Balaban J connectivity index is 1.80. The Bertz CT molecular complexity index is 1350. The lowest BCUT2D eigenvalue weighted by molar-refractivity contribution is 0.0689. The Labute approximate surface area is 231 Å². The van der Waals surface area contributed by atoms with E-state index in [2.05, 4.69) is 12.2 Å². The van der Waals surface area contributed by atoms with Gasteiger partial charge in [0.2, 0.25) is 10.0 Å². The van der Waals surface area contributed by atoms with Crippen LogP contribution in [0.15, 0.2) is 72.8 Å². The molecule has 9 heteroatoms. The average molecular weight is 556 g/mol. The number of nitrogens with zero attached hydrogens (tertiary/aromatic N) is 1. The number of hydrogen-bond donors (Lipinski definition) is 2. The largest absolute Gasteiger partial charge is 0.375 e. The summed E-state index contributed by atoms with van der Waals surface area (Å²) >= 11 is 0. The van der Waals surface area contributed by atoms with E-state index in [0.29, 0.717) is 24.3 Å². The molecular weight excluding hydrogens is 517 g/mol. The van der Waals surface area contributed by atoms with E-state index in [0.717, 1.165) is 34.5 Å². The van der Waals surface area contributed by atoms with Crippen molar-refractivity contribution in [2.75, 3.05) is 24.2 Å². The predicted molar refractivity (Wildman–Crippen MR) is 154 cm³/mol. The summed E-state index contributed by atoms with van der Waals surface area (Å²) in [5, 5.41) is 2.90. The lowest BCUT2D eigenvalue weighted by atomic mass is 9.88. The molecule has 210 valence electrons. The van der Waals surface area contributed by atoms with E-state index in [9.17, 15) is 17.6 Å². The van der Waals surface area contributed by atoms with Gasteiger partial charge in [-0.1, -0.05) is 55.8 Å². The molecule has 0 aliphatic rings. The van der Waals surface area contributed by atoms with Gasteiger partial charge in [-0.15, -0.1) is 0 Å². The van der Waals surface area contributed by atoms with Crippen LogP contribution in [0.5, 0.6) is 0 Å². The maximum atomic E-state index is 13.3. The van der Waals surface area contributed by atoms with Crippen molar-refractivity contribution >= 4 is 21.6 Å². The summed E-state index contributed by atoms with van der Waals surface area (Å²) in [6.07, 6.45) is 3.43. The molecule has 0 saturated carbocycles. The highest BCUT2D eigenvalue weighted by Crippen LogP contribution is 2.24. The predicted octanol–water partition coefficient (Wildman–Crippen LogP) is 4.97. The molecule has 3 N–H and O–H groups in total. The van der Waals surface area contributed by atoms with Gasteiger partial charge in [-0.3, -0.25) is 9.10 Å². The van der Waals surface area contributed by atoms with Crippen molar-refractivity contribution in [2.45, 2.75) is 51.3 Å². The van der Waals surface area contributed by atoms with Crippen molar-refractivity contribution in [2.24, 2.45) is 5.73 Å². The van der Waals surface area contributed by atoms with Gasteiger partial charge in [-0.05, 0) is 66.8 Å². The normalized spacial score (nSPS) is 13.9. The Morgan fingerprint density at radius 3 is 2.36 bits per heavy atom. The molecule has 0 radical (unpaired) electrons. The van der Waals surface area contributed by atoms with Gasteiger partial charge in [-0.25, -0.2) is 12.8 Å². The highest BCUT2D eigenvalue weighted by molar-refractivity contribution is 7.92. The molecule has 0 heterocycles. The first-order valence-electron chi connectivity index (χ1n) is 12.9. The molecule has 0 aromatic heterocycles. The summed E-state index contributed by atoms with van der Waals surface area (Å²) in [5.74, 6) is -0.748. The van der Waals surface area contributed by atoms with Crippen LogP contribution >= 0.6 is 0 Å². The number of hydrogen-bond acceptors (Lipinski definition) is 5. The smallest absolute Gasteiger partial charge is 0.251 e. The van der Waals surface area contributed by atoms with E-state index in [4.69, 9.17) is 10.5 Å². The number of benzene rings is 3. The molecule has 0 saturated heterocycles. The zero-order valence-corrected chi connectivity index (χ0v) is 23.8. The summed E-state index contributed by atoms with van der Waals surface area (Å²) in [6, 6.07) is 20.4. The number of ether oxygens (including phenoxy) is 1. The second-order valence-electron chi connectivity index (χ2n) is 10.1. The molecule has 0 bridgehead atoms. The van der Waals surface area contributed by atoms with Crippen LogP contribution in [0.3, 0.4) is 0 Å². The number of carbonyl (C=O) groups excluding carboxylic acids is 1. The van der Waals surface area contributed by atoms with Crippen molar-refractivity contribution in [3.05, 3.63) is 101 Å². The summed E-state index contributed by atoms with van der Waals surface area (Å²) in [6.45, 7) is 4.32. The zero-order chi connectivity index (χ0) is 28.6. The quantitative estimate of drug-likeness (QED) is 0.310. The van der Waals surface area contributed by atoms with Gasteiger partial charge in [-0.2, -0.15) is 0 Å². The first kappa shape index (κ1) is 30.3. The van der Waals surface area contributed by atoms with Crippen LogP contribution in [-0.4, -0.2) is 39.8 Å². The summed E-state index contributed by atoms with van der Waals surface area (Å²) in [4.78, 5) is 13.2. The van der Waals surface area contributed by atoms with E-state index >= 15 is 0 Å². The molecule has 0 aliphatic heterocycles. The van der Waals surface area contributed by atoms with Gasteiger partial charge < -0.3 is 15.8 Å². The van der Waals surface area contributed by atoms with E-state index in [1.807, 2.05) is 30.3 Å². The highest BCUT2D eigenvalue weighted by Gasteiger charge is 2.25. The monoisotopic (exact) mass is 555 g/mol. The third-order valence-corrected chi connectivity index (χ3v) is 7.83. The average Bonchev–Trinajstić information content (AvgIpc) is 2.88. The molecular formula is C30H38FN3O4S. The molecule has 3 rings (SSSR count). The van der Waals surface area contributed by atoms with Gasteiger partial charge in [0.25, 0.3) is 5.91 Å². The van der Waals surface area contributed by atoms with Gasteiger partial charge in [0, 0.05) is 18.2 Å². The summed E-state index contributed by atoms with van der Waals surface area (Å²) < 4.78 is 45.0. The number of anilines is 1. The maximum Gasteiger partial charge on any atom is 0.251 e. The van der Waals surface area contributed by atoms with E-state index in [1.54, 1.807) is 31.2 Å². The molecule has 2 atom stereocenters. The van der Waals surface area contributed by atoms with Crippen molar-refractivity contribution in [1.82, 2.24) is 5.32 Å². The summed E-state index contributed by atoms with van der Waals surface area (Å²) in [7, 11) is -2.13. The van der Waals surface area contributed by atoms with Crippen LogP contribution in [0.1, 0.15) is 59.8 Å². The van der Waals surface area contributed by atoms with Crippen LogP contribution in [0.25, 0.3) is 0 Å². The maximum absolute atomic E-state index is 13.3. The van der Waals surface area contributed by atoms with Crippen molar-refractivity contribution in [3.8, 4) is 0 Å². The fraction of sp³-hybridized carbons (Fsp3) is 0.367. The van der Waals surface area contributed by atoms with E-state index in [-0.39, 0.29) is 29.9 Å². The molecule has 3 aromatic rings. The Morgan fingerprint density at radius 1 is 1.08 bits per heavy atom. The van der Waals surface area contributed by atoms with Crippen LogP contribution in [-0.2, 0) is 27.8 Å². The van der Waals surface area contributed by atoms with Crippen LogP contribution in [0.2, 0.25) is 0 Å². The number of nitrogens with one attached hydrogen (secondary N) is 1. The highest BCUT2D eigenvalue weighted by atomic mass is 32.2. The molecule has 3 aromatic carbocycles. The lowest BCUT2D eigenvalue weighted by Crippen LogP contribution is -2.46. The SMILES string of the molecule is CCCC(N)(COCc1cc(C(=O)N[C@H](C)c2ccc(F)cc2)cc(N(C)S(C)(=O)=O)c1)Cc1ccccc1. The van der Waals surface area contributed by atoms with Gasteiger partial charge in [0.15, 0.2) is 0 Å². The van der Waals surface area contributed by atoms with Crippen molar-refractivity contribution in [1.29, 1.82) is 0 Å². The molecule has 39 heavy (non-hydrogen) atoms. The minimum atomic E-state index is -3.57. The second kappa shape index (κ2) is 13.2. The standard InChI is InChI=1S/C30H38FN3O4S/c1-5-15-30(32,19-23-9-7-6-8-10-23)21-38-20-24-16-26(18-28(17-24)34(3)39(4,36)37)29(35)33-22(2)25-11-13-27(31)14-12-25/h6-14,16-18,22H,5,15,19-21,32H2,1-4H3,(H,33,35)/t22-,30?/m1/s1. The number of nitrogens with two attached hydrogens (primary N) is 1. The topological polar surface area (TPSA) is 102 Å².